The van der Waals surface area contributed by atoms with Crippen molar-refractivity contribution < 1.29 is 27.5 Å². The standard InChI is InChI=1S/C25H26N2O6S/c1-3-33-20-13-15-21(16-14-20)34(30,31)27(17-19-9-5-4-6-10-19)18-24(28)26-23-12-8-7-11-22(23)25(29)32-2/h4-16H,3,17-18H2,1-2H3,(H,26,28). The number of nitrogens with one attached hydrogen (secondary N) is 1. The Morgan fingerprint density at radius 2 is 1.56 bits per heavy atom. The van der Waals surface area contributed by atoms with Crippen molar-refractivity contribution in [1.82, 2.24) is 4.31 Å². The molecule has 9 heteroatoms. The molecule has 0 atom stereocenters. The van der Waals surface area contributed by atoms with Crippen LogP contribution in [0.1, 0.15) is 22.8 Å². The number of rotatable bonds is 10. The molecule has 0 saturated carbocycles. The van der Waals surface area contributed by atoms with E-state index in [1.54, 1.807) is 54.6 Å². The van der Waals surface area contributed by atoms with Gasteiger partial charge < -0.3 is 14.8 Å². The Hall–Kier alpha value is -3.69. The van der Waals surface area contributed by atoms with Crippen molar-refractivity contribution in [2.24, 2.45) is 0 Å². The number of methoxy groups -OCH3 is 1. The Labute approximate surface area is 199 Å². The zero-order chi connectivity index (χ0) is 24.6. The lowest BCUT2D eigenvalue weighted by Gasteiger charge is -2.22. The molecular weight excluding hydrogens is 456 g/mol. The SMILES string of the molecule is CCOc1ccc(S(=O)(=O)N(CC(=O)Nc2ccccc2C(=O)OC)Cc2ccccc2)cc1. The molecule has 0 fully saturated rings. The summed E-state index contributed by atoms with van der Waals surface area (Å²) in [5.41, 5.74) is 1.12. The van der Waals surface area contributed by atoms with E-state index in [0.29, 0.717) is 12.4 Å². The largest absolute Gasteiger partial charge is 0.494 e. The molecule has 0 spiro atoms. The summed E-state index contributed by atoms with van der Waals surface area (Å²) in [6, 6.07) is 21.4. The highest BCUT2D eigenvalue weighted by Gasteiger charge is 2.27. The molecule has 3 aromatic rings. The van der Waals surface area contributed by atoms with E-state index in [0.717, 1.165) is 9.87 Å². The fourth-order valence-corrected chi connectivity index (χ4v) is 4.65. The summed E-state index contributed by atoms with van der Waals surface area (Å²) < 4.78 is 38.1. The van der Waals surface area contributed by atoms with Gasteiger partial charge in [-0.3, -0.25) is 4.79 Å². The fraction of sp³-hybridized carbons (Fsp3) is 0.200. The zero-order valence-electron chi connectivity index (χ0n) is 18.9. The summed E-state index contributed by atoms with van der Waals surface area (Å²) in [6.07, 6.45) is 0. The first kappa shape index (κ1) is 24.9. The lowest BCUT2D eigenvalue weighted by atomic mass is 10.2. The zero-order valence-corrected chi connectivity index (χ0v) is 19.7. The van der Waals surface area contributed by atoms with Gasteiger partial charge in [-0.1, -0.05) is 42.5 Å². The molecule has 0 aliphatic heterocycles. The number of benzene rings is 3. The number of anilines is 1. The van der Waals surface area contributed by atoms with Gasteiger partial charge in [0.25, 0.3) is 0 Å². The van der Waals surface area contributed by atoms with Crippen LogP contribution in [0.5, 0.6) is 5.75 Å². The number of carbonyl (C=O) groups is 2. The van der Waals surface area contributed by atoms with Crippen LogP contribution in [0.3, 0.4) is 0 Å². The van der Waals surface area contributed by atoms with E-state index in [2.05, 4.69) is 5.32 Å². The number of hydrogen-bond donors (Lipinski definition) is 1. The molecule has 0 radical (unpaired) electrons. The van der Waals surface area contributed by atoms with Gasteiger partial charge in [0.1, 0.15) is 5.75 Å². The second-order valence-corrected chi connectivity index (χ2v) is 9.19. The average molecular weight is 483 g/mol. The Balaban J connectivity index is 1.88. The second-order valence-electron chi connectivity index (χ2n) is 7.25. The Morgan fingerprint density at radius 1 is 0.912 bits per heavy atom. The topological polar surface area (TPSA) is 102 Å². The Kier molecular flexibility index (Phi) is 8.39. The Morgan fingerprint density at radius 3 is 2.21 bits per heavy atom. The molecular formula is C25H26N2O6S. The third-order valence-corrected chi connectivity index (χ3v) is 6.71. The van der Waals surface area contributed by atoms with Crippen LogP contribution in [0.25, 0.3) is 0 Å². The van der Waals surface area contributed by atoms with Crippen LogP contribution in [0.4, 0.5) is 5.69 Å². The molecule has 0 aliphatic rings. The molecule has 0 aliphatic carbocycles. The van der Waals surface area contributed by atoms with Crippen molar-refractivity contribution in [3.8, 4) is 5.75 Å². The molecule has 178 valence electrons. The predicted molar refractivity (Wildman–Crippen MR) is 128 cm³/mol. The minimum Gasteiger partial charge on any atom is -0.494 e. The van der Waals surface area contributed by atoms with Crippen molar-refractivity contribution in [1.29, 1.82) is 0 Å². The van der Waals surface area contributed by atoms with Crippen molar-refractivity contribution in [3.05, 3.63) is 90.0 Å². The molecule has 0 heterocycles. The summed E-state index contributed by atoms with van der Waals surface area (Å²) in [5.74, 6) is -0.658. The van der Waals surface area contributed by atoms with Gasteiger partial charge in [-0.2, -0.15) is 4.31 Å². The van der Waals surface area contributed by atoms with Gasteiger partial charge in [-0.15, -0.1) is 0 Å². The van der Waals surface area contributed by atoms with Gasteiger partial charge >= 0.3 is 5.97 Å². The van der Waals surface area contributed by atoms with E-state index >= 15 is 0 Å². The quantitative estimate of drug-likeness (QED) is 0.442. The van der Waals surface area contributed by atoms with E-state index in [9.17, 15) is 18.0 Å². The Bertz CT molecular complexity index is 1230. The number of para-hydroxylation sites is 1. The van der Waals surface area contributed by atoms with Crippen molar-refractivity contribution in [3.63, 3.8) is 0 Å². The van der Waals surface area contributed by atoms with Crippen LogP contribution in [0, 0.1) is 0 Å². The van der Waals surface area contributed by atoms with E-state index in [4.69, 9.17) is 9.47 Å². The maximum Gasteiger partial charge on any atom is 0.339 e. The summed E-state index contributed by atoms with van der Waals surface area (Å²) in [7, 11) is -2.78. The minimum absolute atomic E-state index is 0.0115. The van der Waals surface area contributed by atoms with Gasteiger partial charge in [0.2, 0.25) is 15.9 Å². The minimum atomic E-state index is -4.02. The molecule has 8 nitrogen and oxygen atoms in total. The number of ether oxygens (including phenoxy) is 2. The molecule has 3 rings (SSSR count). The van der Waals surface area contributed by atoms with Crippen LogP contribution in [0.2, 0.25) is 0 Å². The van der Waals surface area contributed by atoms with Gasteiger partial charge in [-0.05, 0) is 48.9 Å². The van der Waals surface area contributed by atoms with E-state index in [1.807, 2.05) is 13.0 Å². The first-order valence-corrected chi connectivity index (χ1v) is 12.0. The summed E-state index contributed by atoms with van der Waals surface area (Å²) in [6.45, 7) is 1.82. The van der Waals surface area contributed by atoms with Crippen LogP contribution in [-0.4, -0.2) is 44.9 Å². The fourth-order valence-electron chi connectivity index (χ4n) is 3.27. The van der Waals surface area contributed by atoms with Gasteiger partial charge in [-0.25, -0.2) is 13.2 Å². The monoisotopic (exact) mass is 482 g/mol. The highest BCUT2D eigenvalue weighted by molar-refractivity contribution is 7.89. The van der Waals surface area contributed by atoms with Crippen molar-refractivity contribution in [2.75, 3.05) is 25.6 Å². The summed E-state index contributed by atoms with van der Waals surface area (Å²) in [4.78, 5) is 24.9. The van der Waals surface area contributed by atoms with Crippen molar-refractivity contribution >= 4 is 27.6 Å². The number of sulfonamides is 1. The maximum atomic E-state index is 13.4. The number of nitrogens with zero attached hydrogens (tertiary/aromatic N) is 1. The molecule has 3 aromatic carbocycles. The average Bonchev–Trinajstić information content (AvgIpc) is 2.84. The number of hydrogen-bond acceptors (Lipinski definition) is 6. The molecule has 1 N–H and O–H groups in total. The van der Waals surface area contributed by atoms with E-state index in [1.165, 1.54) is 25.3 Å². The predicted octanol–water partition coefficient (Wildman–Crippen LogP) is 3.70. The first-order chi connectivity index (χ1) is 16.3. The lowest BCUT2D eigenvalue weighted by Crippen LogP contribution is -2.37. The summed E-state index contributed by atoms with van der Waals surface area (Å²) in [5, 5.41) is 2.63. The van der Waals surface area contributed by atoms with E-state index in [-0.39, 0.29) is 22.7 Å². The van der Waals surface area contributed by atoms with E-state index < -0.39 is 28.4 Å². The molecule has 0 bridgehead atoms. The smallest absolute Gasteiger partial charge is 0.339 e. The summed E-state index contributed by atoms with van der Waals surface area (Å²) >= 11 is 0. The van der Waals surface area contributed by atoms with Crippen LogP contribution < -0.4 is 10.1 Å². The molecule has 1 amide bonds. The molecule has 0 aromatic heterocycles. The normalized spacial score (nSPS) is 11.1. The van der Waals surface area contributed by atoms with Crippen LogP contribution in [0.15, 0.2) is 83.8 Å². The van der Waals surface area contributed by atoms with Crippen LogP contribution >= 0.6 is 0 Å². The third kappa shape index (κ3) is 6.21. The van der Waals surface area contributed by atoms with Gasteiger partial charge in [0.05, 0.1) is 36.4 Å². The maximum absolute atomic E-state index is 13.4. The second kappa shape index (κ2) is 11.4. The van der Waals surface area contributed by atoms with Gasteiger partial charge in [0.15, 0.2) is 0 Å². The van der Waals surface area contributed by atoms with Crippen LogP contribution in [-0.2, 0) is 26.1 Å². The highest BCUT2D eigenvalue weighted by Crippen LogP contribution is 2.22. The molecule has 0 unspecified atom stereocenters. The highest BCUT2D eigenvalue weighted by atomic mass is 32.2. The number of esters is 1. The number of carbonyl (C=O) groups excluding carboxylic acids is 2. The first-order valence-electron chi connectivity index (χ1n) is 10.6. The lowest BCUT2D eigenvalue weighted by molar-refractivity contribution is -0.116. The van der Waals surface area contributed by atoms with Crippen molar-refractivity contribution in [2.45, 2.75) is 18.4 Å². The van der Waals surface area contributed by atoms with Gasteiger partial charge in [0, 0.05) is 6.54 Å². The third-order valence-electron chi connectivity index (χ3n) is 4.90. The molecule has 0 saturated heterocycles. The molecule has 34 heavy (non-hydrogen) atoms. The number of amides is 1.